The second-order valence-corrected chi connectivity index (χ2v) is 1.06. The molecule has 0 heterocycles. The fraction of sp³-hybridized carbons (Fsp3) is 1.00. The first kappa shape index (κ1) is 23.2. The summed E-state index contributed by atoms with van der Waals surface area (Å²) in [6.07, 6.45) is 0. The Bertz CT molecular complexity index is 55.6. The molecular weight excluding hydrogens is 214 g/mol. The second-order valence-electron chi connectivity index (χ2n) is 0.651. The van der Waals surface area contributed by atoms with Crippen LogP contribution in [0.5, 0.6) is 0 Å². The third-order valence-corrected chi connectivity index (χ3v) is 0.1000. The van der Waals surface area contributed by atoms with Crippen LogP contribution in [-0.2, 0) is 11.4 Å². The maximum atomic E-state index is 8.44. The summed E-state index contributed by atoms with van der Waals surface area (Å²) in [6, 6.07) is 0. The predicted molar refractivity (Wildman–Crippen MR) is 23.9 cm³/mol. The minimum Gasteiger partial charge on any atom is -0.784 e. The van der Waals surface area contributed by atoms with Gasteiger partial charge in [-0.1, -0.05) is 0 Å². The van der Waals surface area contributed by atoms with Gasteiger partial charge in [-0.05, 0) is 0 Å². The van der Waals surface area contributed by atoms with Crippen molar-refractivity contribution in [3.05, 3.63) is 0 Å². The molecule has 0 unspecified atom stereocenters. The second kappa shape index (κ2) is 22.8. The van der Waals surface area contributed by atoms with Gasteiger partial charge >= 0.3 is 103 Å². The van der Waals surface area contributed by atoms with Crippen molar-refractivity contribution in [3.63, 3.8) is 0 Å². The van der Waals surface area contributed by atoms with E-state index in [0.717, 1.165) is 0 Å². The van der Waals surface area contributed by atoms with Crippen LogP contribution >= 0.6 is 0 Å². The normalized spacial score (nSPS) is 6.50. The van der Waals surface area contributed by atoms with Crippen LogP contribution in [0.4, 0.5) is 0 Å². The molecule has 0 bridgehead atoms. The Labute approximate surface area is 147 Å². The first-order chi connectivity index (χ1) is 3.65. The molecule has 0 saturated carbocycles. The summed E-state index contributed by atoms with van der Waals surface area (Å²) in [7, 11) is 0. The molecule has 0 aliphatic heterocycles. The molecule has 0 aromatic carbocycles. The fourth-order valence-electron chi connectivity index (χ4n) is 0. The van der Waals surface area contributed by atoms with E-state index in [1.165, 1.54) is 0 Å². The van der Waals surface area contributed by atoms with Crippen LogP contribution in [0.1, 0.15) is 0 Å². The van der Waals surface area contributed by atoms with E-state index in [4.69, 9.17) is 23.5 Å². The molecule has 0 amide bonds. The summed E-state index contributed by atoms with van der Waals surface area (Å²) in [5.41, 5.74) is 0. The average Bonchev–Trinajstić information content (AvgIpc) is 1.65. The van der Waals surface area contributed by atoms with E-state index in [2.05, 4.69) is 0 Å². The zero-order valence-corrected chi connectivity index (χ0v) is 13.0. The van der Waals surface area contributed by atoms with Crippen LogP contribution in [0.15, 0.2) is 0 Å². The standard InChI is InChI=1S/C2H6O2.2K.H2O3S/c3-1-2-4;;;1-4(2)3/h3-4H,1-2H2;;;(H2,1,2,3)/q;2*+1;/p-2. The van der Waals surface area contributed by atoms with Crippen molar-refractivity contribution in [2.24, 2.45) is 0 Å². The molecule has 0 saturated heterocycles. The molecule has 2 N–H and O–H groups in total. The van der Waals surface area contributed by atoms with Gasteiger partial charge < -0.3 is 19.3 Å². The van der Waals surface area contributed by atoms with E-state index in [1.807, 2.05) is 0 Å². The van der Waals surface area contributed by atoms with Gasteiger partial charge in [-0.15, -0.1) is 11.4 Å². The molecule has 10 heavy (non-hydrogen) atoms. The Morgan fingerprint density at radius 3 is 1.20 bits per heavy atom. The predicted octanol–water partition coefficient (Wildman–Crippen LogP) is -8.03. The van der Waals surface area contributed by atoms with Crippen LogP contribution in [0, 0.1) is 0 Å². The summed E-state index contributed by atoms with van der Waals surface area (Å²) in [5, 5.41) is 15.2. The van der Waals surface area contributed by atoms with Crippen LogP contribution in [-0.4, -0.2) is 36.7 Å². The largest absolute Gasteiger partial charge is 1.00 e. The zero-order valence-electron chi connectivity index (χ0n) is 5.94. The molecule has 0 atom stereocenters. The van der Waals surface area contributed by atoms with Gasteiger partial charge in [-0.2, -0.15) is 0 Å². The van der Waals surface area contributed by atoms with Crippen LogP contribution in [0.2, 0.25) is 0 Å². The summed E-state index contributed by atoms with van der Waals surface area (Å²) < 4.78 is 25.3. The van der Waals surface area contributed by atoms with Gasteiger partial charge in [0, 0.05) is 0 Å². The molecule has 0 radical (unpaired) electrons. The van der Waals surface area contributed by atoms with Crippen molar-refractivity contribution in [3.8, 4) is 0 Å². The summed E-state index contributed by atoms with van der Waals surface area (Å²) in [5.74, 6) is 0. The van der Waals surface area contributed by atoms with Crippen molar-refractivity contribution < 1.29 is 126 Å². The summed E-state index contributed by atoms with van der Waals surface area (Å²) in [6.45, 7) is -0.250. The third kappa shape index (κ3) is 65.3. The molecule has 0 fully saturated rings. The number of aliphatic hydroxyl groups excluding tert-OH is 2. The molecule has 52 valence electrons. The minimum atomic E-state index is -3.11. The smallest absolute Gasteiger partial charge is 0.784 e. The monoisotopic (exact) mass is 220 g/mol. The van der Waals surface area contributed by atoms with E-state index in [-0.39, 0.29) is 116 Å². The van der Waals surface area contributed by atoms with Gasteiger partial charge in [-0.25, -0.2) is 0 Å². The van der Waals surface area contributed by atoms with Crippen molar-refractivity contribution in [1.29, 1.82) is 0 Å². The van der Waals surface area contributed by atoms with E-state index < -0.39 is 11.4 Å². The molecule has 0 aliphatic carbocycles. The fourth-order valence-corrected chi connectivity index (χ4v) is 0. The SMILES string of the molecule is O=S([O-])[O-].OCCO.[K+].[K+]. The molecule has 0 aromatic heterocycles. The molecule has 0 aliphatic rings. The maximum absolute atomic E-state index is 8.44. The molecule has 0 aromatic rings. The van der Waals surface area contributed by atoms with Gasteiger partial charge in [0.25, 0.3) is 0 Å². The zero-order chi connectivity index (χ0) is 6.99. The Kier molecular flexibility index (Phi) is 53.0. The quantitative estimate of drug-likeness (QED) is 0.337. The molecular formula is C2H6K2O5S. The van der Waals surface area contributed by atoms with Crippen molar-refractivity contribution in [1.82, 2.24) is 0 Å². The topological polar surface area (TPSA) is 104 Å². The van der Waals surface area contributed by atoms with Crippen LogP contribution in [0.25, 0.3) is 0 Å². The molecule has 0 spiro atoms. The van der Waals surface area contributed by atoms with Gasteiger partial charge in [0.05, 0.1) is 13.2 Å². The Balaban J connectivity index is -0.0000000300. The van der Waals surface area contributed by atoms with E-state index in [1.54, 1.807) is 0 Å². The van der Waals surface area contributed by atoms with E-state index in [0.29, 0.717) is 0 Å². The Morgan fingerprint density at radius 2 is 1.20 bits per heavy atom. The first-order valence-electron chi connectivity index (χ1n) is 1.63. The van der Waals surface area contributed by atoms with Gasteiger partial charge in [0.1, 0.15) is 0 Å². The average molecular weight is 220 g/mol. The third-order valence-electron chi connectivity index (χ3n) is 0.1000. The van der Waals surface area contributed by atoms with Crippen LogP contribution < -0.4 is 103 Å². The van der Waals surface area contributed by atoms with Crippen molar-refractivity contribution in [2.75, 3.05) is 13.2 Å². The van der Waals surface area contributed by atoms with Gasteiger partial charge in [0.15, 0.2) is 0 Å². The summed E-state index contributed by atoms with van der Waals surface area (Å²) in [4.78, 5) is 0. The number of hydrogen-bond acceptors (Lipinski definition) is 5. The summed E-state index contributed by atoms with van der Waals surface area (Å²) >= 11 is -3.11. The minimum absolute atomic E-state index is 0. The Hall–Kier alpha value is 3.26. The van der Waals surface area contributed by atoms with Crippen LogP contribution in [0.3, 0.4) is 0 Å². The number of hydrogen-bond donors (Lipinski definition) is 2. The number of rotatable bonds is 1. The molecule has 5 nitrogen and oxygen atoms in total. The van der Waals surface area contributed by atoms with Crippen molar-refractivity contribution >= 4 is 11.4 Å². The van der Waals surface area contributed by atoms with Gasteiger partial charge in [-0.3, -0.25) is 4.21 Å². The molecule has 0 rings (SSSR count). The first-order valence-corrected chi connectivity index (χ1v) is 2.63. The molecule has 8 heteroatoms. The van der Waals surface area contributed by atoms with Crippen molar-refractivity contribution in [2.45, 2.75) is 0 Å². The Morgan fingerprint density at radius 1 is 1.10 bits per heavy atom. The maximum Gasteiger partial charge on any atom is 1.00 e. The van der Waals surface area contributed by atoms with Gasteiger partial charge in [0.2, 0.25) is 0 Å². The van der Waals surface area contributed by atoms with E-state index >= 15 is 0 Å². The van der Waals surface area contributed by atoms with E-state index in [9.17, 15) is 0 Å². The number of aliphatic hydroxyl groups is 2.